The van der Waals surface area contributed by atoms with Gasteiger partial charge >= 0.3 is 11.9 Å². The number of ether oxygens (including phenoxy) is 1. The van der Waals surface area contributed by atoms with Gasteiger partial charge in [0.1, 0.15) is 24.4 Å². The highest BCUT2D eigenvalue weighted by Gasteiger charge is 2.41. The van der Waals surface area contributed by atoms with Crippen LogP contribution in [0.5, 0.6) is 0 Å². The van der Waals surface area contributed by atoms with Crippen LogP contribution in [0.15, 0.2) is 35.3 Å². The number of carboxylic acid groups (broad SMARTS) is 2. The first-order chi connectivity index (χ1) is 20.8. The molecule has 1 aliphatic heterocycles. The van der Waals surface area contributed by atoms with Crippen LogP contribution in [0.1, 0.15) is 28.9 Å². The Morgan fingerprint density at radius 1 is 1.07 bits per heavy atom. The fraction of sp³-hybridized carbons (Fsp3) is 0.400. The molecular formula is C25H32N8O11. The molecule has 19 heteroatoms. The maximum atomic E-state index is 12.3. The molecule has 4 rings (SSSR count). The molecule has 6 atom stereocenters. The van der Waals surface area contributed by atoms with E-state index in [0.717, 1.165) is 0 Å². The summed E-state index contributed by atoms with van der Waals surface area (Å²) >= 11 is 0. The van der Waals surface area contributed by atoms with Gasteiger partial charge in [-0.1, -0.05) is 0 Å². The first kappa shape index (κ1) is 33.7. The minimum Gasteiger partial charge on any atom is -0.481 e. The molecule has 1 aliphatic rings. The van der Waals surface area contributed by atoms with Gasteiger partial charge in [0.15, 0.2) is 17.5 Å². The lowest BCUT2D eigenvalue weighted by Gasteiger charge is -2.38. The average Bonchev–Trinajstić information content (AvgIpc) is 2.99. The molecule has 2 unspecified atom stereocenters. The maximum Gasteiger partial charge on any atom is 0.326 e. The highest BCUT2D eigenvalue weighted by atomic mass is 16.6. The summed E-state index contributed by atoms with van der Waals surface area (Å²) in [5.41, 5.74) is 11.7. The number of anilines is 2. The normalized spacial score (nSPS) is 21.9. The number of aromatic nitrogens is 4. The molecule has 1 amide bonds. The fourth-order valence-electron chi connectivity index (χ4n) is 3.87. The third kappa shape index (κ3) is 8.86. The second kappa shape index (κ2) is 15.1. The van der Waals surface area contributed by atoms with Gasteiger partial charge in [-0.05, 0) is 30.7 Å². The number of fused-ring (bicyclic) bond motifs is 1. The molecule has 0 bridgehead atoms. The highest BCUT2D eigenvalue weighted by molar-refractivity contribution is 5.96. The predicted molar refractivity (Wildman–Crippen MR) is 150 cm³/mol. The van der Waals surface area contributed by atoms with Crippen LogP contribution < -0.4 is 27.7 Å². The summed E-state index contributed by atoms with van der Waals surface area (Å²) in [5, 5.41) is 59.3. The molecule has 2 aromatic heterocycles. The summed E-state index contributed by atoms with van der Waals surface area (Å²) in [6, 6.07) is 3.82. The van der Waals surface area contributed by atoms with Crippen molar-refractivity contribution in [1.29, 1.82) is 0 Å². The molecule has 0 spiro atoms. The summed E-state index contributed by atoms with van der Waals surface area (Å²) in [6.07, 6.45) is -4.01. The molecule has 0 aliphatic carbocycles. The standard InChI is InChI=1S/C19H19N7O6.C6H13NO5/c20-19-25-15-14(17(30)26-19)23-11(8-22-15)7-21-10-3-1-9(2-4-10)16(29)24-12(18(31)32)5-6-13(27)28;7-3-5(10)4(9)2(1-8)12-6(3)11/h1-4,8,12,21H,5-7H2,(H,24,29)(H,27,28)(H,31,32)(H3,20,22,25,26,30);2-6,8-11H,1,7H2/t;2-,3-,4+,5-,6?/m.1/s1. The number of amides is 1. The van der Waals surface area contributed by atoms with E-state index < -0.39 is 66.7 Å². The number of aliphatic carboxylic acids is 2. The Balaban J connectivity index is 0.000000369. The van der Waals surface area contributed by atoms with Crippen LogP contribution in [0, 0.1) is 0 Å². The van der Waals surface area contributed by atoms with Crippen molar-refractivity contribution >= 4 is 40.6 Å². The number of carboxylic acids is 2. The van der Waals surface area contributed by atoms with Crippen molar-refractivity contribution < 1.29 is 49.8 Å². The Hall–Kier alpha value is -4.79. The lowest BCUT2D eigenvalue weighted by atomic mass is 9.98. The van der Waals surface area contributed by atoms with Gasteiger partial charge in [0.2, 0.25) is 5.95 Å². The zero-order chi connectivity index (χ0) is 32.6. The van der Waals surface area contributed by atoms with Crippen molar-refractivity contribution in [3.05, 3.63) is 52.1 Å². The number of benzene rings is 1. The van der Waals surface area contributed by atoms with Gasteiger partial charge in [-0.15, -0.1) is 0 Å². The number of nitrogens with two attached hydrogens (primary N) is 2. The molecule has 44 heavy (non-hydrogen) atoms. The van der Waals surface area contributed by atoms with Gasteiger partial charge in [0, 0.05) is 17.7 Å². The number of nitrogens with zero attached hydrogens (tertiary/aromatic N) is 3. The van der Waals surface area contributed by atoms with Gasteiger partial charge in [-0.2, -0.15) is 4.98 Å². The van der Waals surface area contributed by atoms with Crippen LogP contribution in [0.4, 0.5) is 11.6 Å². The molecule has 0 radical (unpaired) electrons. The van der Waals surface area contributed by atoms with Gasteiger partial charge in [0.05, 0.1) is 31.1 Å². The van der Waals surface area contributed by atoms with E-state index in [9.17, 15) is 29.4 Å². The number of carbonyl (C=O) groups excluding carboxylic acids is 1. The van der Waals surface area contributed by atoms with E-state index in [0.29, 0.717) is 11.4 Å². The molecule has 1 fully saturated rings. The summed E-state index contributed by atoms with van der Waals surface area (Å²) in [4.78, 5) is 60.6. The molecule has 1 saturated heterocycles. The van der Waals surface area contributed by atoms with Crippen molar-refractivity contribution in [2.75, 3.05) is 17.7 Å². The average molecular weight is 621 g/mol. The largest absolute Gasteiger partial charge is 0.481 e. The number of aliphatic hydroxyl groups excluding tert-OH is 4. The number of nitrogens with one attached hydrogen (secondary N) is 3. The second-order valence-corrected chi connectivity index (χ2v) is 9.52. The molecule has 0 saturated carbocycles. The number of H-pyrrole nitrogens is 1. The number of aliphatic hydroxyl groups is 4. The number of hydrogen-bond donors (Lipinski definition) is 11. The second-order valence-electron chi connectivity index (χ2n) is 9.52. The fourth-order valence-corrected chi connectivity index (χ4v) is 3.87. The predicted octanol–water partition coefficient (Wildman–Crippen LogP) is -3.30. The monoisotopic (exact) mass is 620 g/mol. The van der Waals surface area contributed by atoms with Crippen LogP contribution in [-0.4, -0.2) is 112 Å². The summed E-state index contributed by atoms with van der Waals surface area (Å²) in [5.74, 6) is -3.16. The van der Waals surface area contributed by atoms with E-state index in [1.54, 1.807) is 12.1 Å². The van der Waals surface area contributed by atoms with Crippen molar-refractivity contribution in [3.63, 3.8) is 0 Å². The number of rotatable bonds is 10. The zero-order valence-electron chi connectivity index (χ0n) is 22.9. The number of aromatic amines is 1. The number of hydrogen-bond acceptors (Lipinski definition) is 15. The first-order valence-electron chi connectivity index (χ1n) is 13.0. The highest BCUT2D eigenvalue weighted by Crippen LogP contribution is 2.18. The Labute approximate surface area is 247 Å². The SMILES string of the molecule is N[C@H]1C(O)O[C@H](CO)[C@H](O)[C@@H]1O.Nc1nc2ncc(CNc3ccc(C(=O)NC(CCC(=O)O)C(=O)O)cc3)nc2c(=O)[nH]1. The van der Waals surface area contributed by atoms with Gasteiger partial charge < -0.3 is 57.5 Å². The molecule has 13 N–H and O–H groups in total. The molecule has 19 nitrogen and oxygen atoms in total. The summed E-state index contributed by atoms with van der Waals surface area (Å²) in [7, 11) is 0. The topological polar surface area (TPSA) is 329 Å². The van der Waals surface area contributed by atoms with Crippen molar-refractivity contribution in [2.45, 2.75) is 56.1 Å². The lowest BCUT2D eigenvalue weighted by Crippen LogP contribution is -2.61. The van der Waals surface area contributed by atoms with Crippen LogP contribution in [-0.2, 0) is 20.9 Å². The first-order valence-corrected chi connectivity index (χ1v) is 13.0. The smallest absolute Gasteiger partial charge is 0.326 e. The van der Waals surface area contributed by atoms with Crippen LogP contribution in [0.2, 0.25) is 0 Å². The molecule has 238 valence electrons. The third-order valence-electron chi connectivity index (χ3n) is 6.31. The number of carbonyl (C=O) groups is 3. The van der Waals surface area contributed by atoms with Gasteiger partial charge in [-0.25, -0.2) is 14.8 Å². The van der Waals surface area contributed by atoms with E-state index in [1.807, 2.05) is 0 Å². The summed E-state index contributed by atoms with van der Waals surface area (Å²) in [6.45, 7) is -0.240. The summed E-state index contributed by atoms with van der Waals surface area (Å²) < 4.78 is 4.70. The van der Waals surface area contributed by atoms with Gasteiger partial charge in [-0.3, -0.25) is 19.4 Å². The van der Waals surface area contributed by atoms with Crippen LogP contribution in [0.3, 0.4) is 0 Å². The van der Waals surface area contributed by atoms with E-state index in [4.69, 9.17) is 36.6 Å². The molecule has 3 aromatic rings. The minimum atomic E-state index is -1.35. The number of nitrogen functional groups attached to an aromatic ring is 1. The maximum absolute atomic E-state index is 12.3. The Kier molecular flexibility index (Phi) is 11.6. The quantitative estimate of drug-likeness (QED) is 0.106. The van der Waals surface area contributed by atoms with E-state index in [-0.39, 0.29) is 42.1 Å². The Morgan fingerprint density at radius 3 is 2.36 bits per heavy atom. The van der Waals surface area contributed by atoms with E-state index in [1.165, 1.54) is 18.3 Å². The molecular weight excluding hydrogens is 588 g/mol. The third-order valence-corrected chi connectivity index (χ3v) is 6.31. The minimum absolute atomic E-state index is 0.0524. The van der Waals surface area contributed by atoms with Crippen molar-refractivity contribution in [2.24, 2.45) is 5.73 Å². The van der Waals surface area contributed by atoms with Crippen molar-refractivity contribution in [1.82, 2.24) is 25.3 Å². The molecule has 3 heterocycles. The Bertz CT molecular complexity index is 1520. The van der Waals surface area contributed by atoms with Crippen molar-refractivity contribution in [3.8, 4) is 0 Å². The lowest BCUT2D eigenvalue weighted by molar-refractivity contribution is -0.248. The van der Waals surface area contributed by atoms with E-state index in [2.05, 4.69) is 30.6 Å². The van der Waals surface area contributed by atoms with E-state index >= 15 is 0 Å². The van der Waals surface area contributed by atoms with Crippen LogP contribution >= 0.6 is 0 Å². The van der Waals surface area contributed by atoms with Crippen LogP contribution in [0.25, 0.3) is 11.2 Å². The van der Waals surface area contributed by atoms with Gasteiger partial charge in [0.25, 0.3) is 11.5 Å². The molecule has 1 aromatic carbocycles. The zero-order valence-corrected chi connectivity index (χ0v) is 22.9. The Morgan fingerprint density at radius 2 is 1.75 bits per heavy atom.